The minimum atomic E-state index is -1.78. The SMILES string of the molecule is COc1cc(F)c(C(=O)Nc2scc(-c3cccc(F)c3)c2C(=O)O)c(F)c1F. The summed E-state index contributed by atoms with van der Waals surface area (Å²) in [5, 5.41) is 12.7. The summed E-state index contributed by atoms with van der Waals surface area (Å²) >= 11 is 0.753. The molecule has 1 aromatic heterocycles. The van der Waals surface area contributed by atoms with Gasteiger partial charge in [0.1, 0.15) is 27.8 Å². The van der Waals surface area contributed by atoms with Crippen LogP contribution < -0.4 is 10.1 Å². The number of aromatic carboxylic acids is 1. The molecule has 5 nitrogen and oxygen atoms in total. The van der Waals surface area contributed by atoms with Gasteiger partial charge in [0.05, 0.1) is 7.11 Å². The number of halogens is 4. The molecule has 0 bridgehead atoms. The molecule has 0 unspecified atom stereocenters. The largest absolute Gasteiger partial charge is 0.493 e. The second kappa shape index (κ2) is 7.92. The molecule has 0 saturated carbocycles. The van der Waals surface area contributed by atoms with Crippen molar-refractivity contribution in [1.29, 1.82) is 0 Å². The van der Waals surface area contributed by atoms with E-state index >= 15 is 0 Å². The first kappa shape index (κ1) is 20.3. The van der Waals surface area contributed by atoms with E-state index in [2.05, 4.69) is 10.1 Å². The molecule has 3 aromatic rings. The van der Waals surface area contributed by atoms with E-state index in [9.17, 15) is 32.3 Å². The number of nitrogens with one attached hydrogen (secondary N) is 1. The number of carboxylic acid groups (broad SMARTS) is 1. The predicted molar refractivity (Wildman–Crippen MR) is 97.5 cm³/mol. The minimum Gasteiger partial charge on any atom is -0.493 e. The fraction of sp³-hybridized carbons (Fsp3) is 0.0526. The van der Waals surface area contributed by atoms with Crippen LogP contribution in [-0.2, 0) is 0 Å². The number of methoxy groups -OCH3 is 1. The molecule has 1 heterocycles. The van der Waals surface area contributed by atoms with Crippen molar-refractivity contribution in [2.24, 2.45) is 0 Å². The van der Waals surface area contributed by atoms with Gasteiger partial charge in [0, 0.05) is 17.0 Å². The summed E-state index contributed by atoms with van der Waals surface area (Å²) in [5.74, 6) is -8.92. The van der Waals surface area contributed by atoms with Gasteiger partial charge in [0.25, 0.3) is 5.91 Å². The average Bonchev–Trinajstić information content (AvgIpc) is 3.08. The molecule has 0 fully saturated rings. The zero-order valence-electron chi connectivity index (χ0n) is 14.6. The van der Waals surface area contributed by atoms with Crippen molar-refractivity contribution in [3.8, 4) is 16.9 Å². The van der Waals surface area contributed by atoms with Gasteiger partial charge in [-0.3, -0.25) is 4.79 Å². The first-order valence-electron chi connectivity index (χ1n) is 7.88. The highest BCUT2D eigenvalue weighted by Gasteiger charge is 2.27. The van der Waals surface area contributed by atoms with Crippen LogP contribution in [0.3, 0.4) is 0 Å². The number of anilines is 1. The molecule has 0 aliphatic carbocycles. The van der Waals surface area contributed by atoms with Crippen LogP contribution in [0.25, 0.3) is 11.1 Å². The van der Waals surface area contributed by atoms with Gasteiger partial charge in [-0.2, -0.15) is 4.39 Å². The summed E-state index contributed by atoms with van der Waals surface area (Å²) < 4.78 is 60.0. The van der Waals surface area contributed by atoms with Crippen LogP contribution in [0.5, 0.6) is 5.75 Å². The Labute approximate surface area is 165 Å². The van der Waals surface area contributed by atoms with Gasteiger partial charge in [-0.1, -0.05) is 12.1 Å². The van der Waals surface area contributed by atoms with E-state index in [4.69, 9.17) is 0 Å². The van der Waals surface area contributed by atoms with Gasteiger partial charge in [-0.15, -0.1) is 11.3 Å². The third-order valence-corrected chi connectivity index (χ3v) is 4.84. The van der Waals surface area contributed by atoms with Crippen molar-refractivity contribution < 1.29 is 37.0 Å². The Morgan fingerprint density at radius 3 is 2.41 bits per heavy atom. The highest BCUT2D eigenvalue weighted by molar-refractivity contribution is 7.15. The fourth-order valence-electron chi connectivity index (χ4n) is 2.63. The molecule has 150 valence electrons. The van der Waals surface area contributed by atoms with Crippen LogP contribution in [0.15, 0.2) is 35.7 Å². The van der Waals surface area contributed by atoms with Crippen LogP contribution in [0.1, 0.15) is 20.7 Å². The van der Waals surface area contributed by atoms with E-state index < -0.39 is 52.0 Å². The maximum Gasteiger partial charge on any atom is 0.339 e. The maximum absolute atomic E-state index is 14.1. The van der Waals surface area contributed by atoms with Crippen molar-refractivity contribution in [3.05, 3.63) is 70.1 Å². The molecule has 29 heavy (non-hydrogen) atoms. The van der Waals surface area contributed by atoms with Gasteiger partial charge in [-0.25, -0.2) is 18.0 Å². The Morgan fingerprint density at radius 2 is 1.79 bits per heavy atom. The normalized spacial score (nSPS) is 10.7. The van der Waals surface area contributed by atoms with E-state index in [0.717, 1.165) is 24.5 Å². The Morgan fingerprint density at radius 1 is 1.07 bits per heavy atom. The number of carboxylic acids is 1. The zero-order valence-corrected chi connectivity index (χ0v) is 15.4. The van der Waals surface area contributed by atoms with Gasteiger partial charge in [0.15, 0.2) is 11.6 Å². The van der Waals surface area contributed by atoms with Crippen molar-refractivity contribution in [2.45, 2.75) is 0 Å². The van der Waals surface area contributed by atoms with Gasteiger partial charge >= 0.3 is 5.97 Å². The summed E-state index contributed by atoms with van der Waals surface area (Å²) in [4.78, 5) is 24.0. The number of hydrogen-bond acceptors (Lipinski definition) is 4. The van der Waals surface area contributed by atoms with E-state index in [1.54, 1.807) is 0 Å². The number of hydrogen-bond donors (Lipinski definition) is 2. The lowest BCUT2D eigenvalue weighted by Gasteiger charge is -2.10. The first-order valence-corrected chi connectivity index (χ1v) is 8.76. The zero-order chi connectivity index (χ0) is 21.3. The Hall–Kier alpha value is -3.40. The highest BCUT2D eigenvalue weighted by Crippen LogP contribution is 2.36. The number of thiophene rings is 1. The van der Waals surface area contributed by atoms with Gasteiger partial charge < -0.3 is 15.2 Å². The molecule has 0 aliphatic rings. The molecule has 3 rings (SSSR count). The quantitative estimate of drug-likeness (QED) is 0.449. The summed E-state index contributed by atoms with van der Waals surface area (Å²) in [7, 11) is 0.996. The first-order chi connectivity index (χ1) is 13.7. The Bertz CT molecular complexity index is 1130. The number of rotatable bonds is 5. The molecule has 0 radical (unpaired) electrons. The van der Waals surface area contributed by atoms with Crippen LogP contribution >= 0.6 is 11.3 Å². The summed E-state index contributed by atoms with van der Waals surface area (Å²) in [6, 6.07) is 5.59. The second-order valence-electron chi connectivity index (χ2n) is 5.69. The third-order valence-electron chi connectivity index (χ3n) is 3.94. The smallest absolute Gasteiger partial charge is 0.339 e. The average molecular weight is 425 g/mol. The summed E-state index contributed by atoms with van der Waals surface area (Å²) in [5.41, 5.74) is -1.31. The van der Waals surface area contributed by atoms with Gasteiger partial charge in [0.2, 0.25) is 5.82 Å². The molecule has 0 atom stereocenters. The lowest BCUT2D eigenvalue weighted by molar-refractivity contribution is 0.0699. The molecule has 0 spiro atoms. The predicted octanol–water partition coefficient (Wildman–Crippen LogP) is 4.93. The molecule has 0 saturated heterocycles. The number of carbonyl (C=O) groups is 2. The third kappa shape index (κ3) is 3.79. The number of ether oxygens (including phenoxy) is 1. The van der Waals surface area contributed by atoms with Crippen LogP contribution in [0, 0.1) is 23.3 Å². The van der Waals surface area contributed by atoms with Crippen molar-refractivity contribution >= 4 is 28.2 Å². The van der Waals surface area contributed by atoms with Crippen molar-refractivity contribution in [2.75, 3.05) is 12.4 Å². The fourth-order valence-corrected chi connectivity index (χ4v) is 3.58. The minimum absolute atomic E-state index is 0.0964. The van der Waals surface area contributed by atoms with E-state index in [1.165, 1.54) is 23.6 Å². The summed E-state index contributed by atoms with van der Waals surface area (Å²) in [6.45, 7) is 0. The molecule has 10 heteroatoms. The highest BCUT2D eigenvalue weighted by atomic mass is 32.1. The van der Waals surface area contributed by atoms with Crippen molar-refractivity contribution in [1.82, 2.24) is 0 Å². The standard InChI is InChI=1S/C19H11F4NO4S/c1-28-12-6-11(21)14(16(23)15(12)22)17(25)24-18-13(19(26)27)10(7-29-18)8-3-2-4-9(20)5-8/h2-7H,1H3,(H,24,25)(H,26,27). The number of carbonyl (C=O) groups excluding carboxylic acids is 1. The van der Waals surface area contributed by atoms with Crippen LogP contribution in [-0.4, -0.2) is 24.1 Å². The Balaban J connectivity index is 2.03. The summed E-state index contributed by atoms with van der Waals surface area (Å²) in [6.07, 6.45) is 0. The monoisotopic (exact) mass is 425 g/mol. The van der Waals surface area contributed by atoms with E-state index in [1.807, 2.05) is 0 Å². The topological polar surface area (TPSA) is 75.6 Å². The molecule has 2 N–H and O–H groups in total. The lowest BCUT2D eigenvalue weighted by Crippen LogP contribution is -2.18. The number of amides is 1. The molecule has 2 aromatic carbocycles. The van der Waals surface area contributed by atoms with Gasteiger partial charge in [-0.05, 0) is 17.7 Å². The lowest BCUT2D eigenvalue weighted by atomic mass is 10.0. The van der Waals surface area contributed by atoms with Crippen molar-refractivity contribution in [3.63, 3.8) is 0 Å². The molecular weight excluding hydrogens is 414 g/mol. The Kier molecular flexibility index (Phi) is 5.55. The molecule has 1 amide bonds. The van der Waals surface area contributed by atoms with E-state index in [0.29, 0.717) is 6.07 Å². The molecule has 0 aliphatic heterocycles. The van der Waals surface area contributed by atoms with E-state index in [-0.39, 0.29) is 16.1 Å². The molecular formula is C19H11F4NO4S. The van der Waals surface area contributed by atoms with Crippen LogP contribution in [0.2, 0.25) is 0 Å². The van der Waals surface area contributed by atoms with Crippen LogP contribution in [0.4, 0.5) is 22.6 Å². The number of benzene rings is 2. The maximum atomic E-state index is 14.1. The second-order valence-corrected chi connectivity index (χ2v) is 6.57.